The molecule has 1 fully saturated rings. The fourth-order valence-corrected chi connectivity index (χ4v) is 2.61. The molecule has 1 aliphatic heterocycles. The summed E-state index contributed by atoms with van der Waals surface area (Å²) in [4.78, 5) is 14.0. The number of hydrogen-bond donors (Lipinski definition) is 1. The highest BCUT2D eigenvalue weighted by Crippen LogP contribution is 2.20. The van der Waals surface area contributed by atoms with Crippen LogP contribution in [-0.4, -0.2) is 30.9 Å². The summed E-state index contributed by atoms with van der Waals surface area (Å²) in [7, 11) is 1.72. The Labute approximate surface area is 109 Å². The predicted molar refractivity (Wildman–Crippen MR) is 73.4 cm³/mol. The van der Waals surface area contributed by atoms with Crippen molar-refractivity contribution < 1.29 is 4.79 Å². The van der Waals surface area contributed by atoms with Gasteiger partial charge in [-0.2, -0.15) is 0 Å². The molecular weight excluding hydrogens is 224 g/mol. The molecule has 1 heterocycles. The van der Waals surface area contributed by atoms with Gasteiger partial charge in [-0.15, -0.1) is 0 Å². The lowest BCUT2D eigenvalue weighted by Crippen LogP contribution is -2.30. The second kappa shape index (κ2) is 5.53. The van der Waals surface area contributed by atoms with Crippen LogP contribution in [0.1, 0.15) is 23.1 Å². The minimum absolute atomic E-state index is 0.167. The highest BCUT2D eigenvalue weighted by Gasteiger charge is 2.27. The molecule has 0 radical (unpaired) electrons. The van der Waals surface area contributed by atoms with Gasteiger partial charge in [0.25, 0.3) is 0 Å². The van der Waals surface area contributed by atoms with Gasteiger partial charge in [0.15, 0.2) is 0 Å². The highest BCUT2D eigenvalue weighted by molar-refractivity contribution is 5.78. The van der Waals surface area contributed by atoms with E-state index in [-0.39, 0.29) is 11.8 Å². The van der Waals surface area contributed by atoms with Crippen LogP contribution >= 0.6 is 0 Å². The van der Waals surface area contributed by atoms with Crippen molar-refractivity contribution in [2.75, 3.05) is 20.1 Å². The monoisotopic (exact) mass is 246 g/mol. The molecule has 1 aromatic carbocycles. The summed E-state index contributed by atoms with van der Waals surface area (Å²) in [5.74, 6) is 0.346. The number of aryl methyl sites for hydroxylation is 2. The third-order valence-corrected chi connectivity index (χ3v) is 3.79. The number of nitrogens with one attached hydrogen (secondary N) is 1. The zero-order chi connectivity index (χ0) is 13.1. The zero-order valence-corrected chi connectivity index (χ0v) is 11.5. The molecule has 0 aliphatic carbocycles. The topological polar surface area (TPSA) is 32.3 Å². The number of carbonyl (C=O) groups is 1. The summed E-state index contributed by atoms with van der Waals surface area (Å²) >= 11 is 0. The highest BCUT2D eigenvalue weighted by atomic mass is 16.1. The molecule has 0 aromatic heterocycles. The Balaban J connectivity index is 1.99. The van der Waals surface area contributed by atoms with Crippen LogP contribution in [0.25, 0.3) is 0 Å². The van der Waals surface area contributed by atoms with Crippen molar-refractivity contribution in [1.29, 1.82) is 0 Å². The van der Waals surface area contributed by atoms with E-state index < -0.39 is 0 Å². The quantitative estimate of drug-likeness (QED) is 0.883. The average Bonchev–Trinajstić information content (AvgIpc) is 2.81. The lowest BCUT2D eigenvalue weighted by molar-refractivity contribution is -0.124. The molecule has 1 aromatic rings. The Morgan fingerprint density at radius 1 is 1.44 bits per heavy atom. The number of amides is 1. The van der Waals surface area contributed by atoms with Crippen molar-refractivity contribution in [2.24, 2.45) is 5.92 Å². The van der Waals surface area contributed by atoms with E-state index in [4.69, 9.17) is 0 Å². The second-order valence-corrected chi connectivity index (χ2v) is 5.26. The number of rotatable bonds is 3. The summed E-state index contributed by atoms with van der Waals surface area (Å²) in [5, 5.41) is 2.75. The van der Waals surface area contributed by atoms with E-state index in [1.54, 1.807) is 7.05 Å². The van der Waals surface area contributed by atoms with Gasteiger partial charge in [-0.05, 0) is 37.9 Å². The first-order chi connectivity index (χ1) is 8.60. The first kappa shape index (κ1) is 13.1. The standard InChI is InChI=1S/C15H22N2O/c1-11-4-5-12(2)14(8-11)10-17-7-6-13(9-17)15(18)16-3/h4-5,8,13H,6-7,9-10H2,1-3H3,(H,16,18). The van der Waals surface area contributed by atoms with Crippen LogP contribution in [-0.2, 0) is 11.3 Å². The molecular formula is C15H22N2O. The molecule has 98 valence electrons. The van der Waals surface area contributed by atoms with Gasteiger partial charge in [0.2, 0.25) is 5.91 Å². The molecule has 1 N–H and O–H groups in total. The van der Waals surface area contributed by atoms with Gasteiger partial charge in [0.05, 0.1) is 5.92 Å². The summed E-state index contributed by atoms with van der Waals surface area (Å²) in [5.41, 5.74) is 4.02. The second-order valence-electron chi connectivity index (χ2n) is 5.26. The number of carbonyl (C=O) groups excluding carboxylic acids is 1. The van der Waals surface area contributed by atoms with Crippen molar-refractivity contribution in [3.63, 3.8) is 0 Å². The fourth-order valence-electron chi connectivity index (χ4n) is 2.61. The van der Waals surface area contributed by atoms with Crippen molar-refractivity contribution in [3.8, 4) is 0 Å². The summed E-state index contributed by atoms with van der Waals surface area (Å²) in [6, 6.07) is 6.58. The average molecular weight is 246 g/mol. The number of hydrogen-bond acceptors (Lipinski definition) is 2. The predicted octanol–water partition coefficient (Wildman–Crippen LogP) is 1.87. The van der Waals surface area contributed by atoms with E-state index in [0.29, 0.717) is 0 Å². The molecule has 2 rings (SSSR count). The molecule has 1 saturated heterocycles. The van der Waals surface area contributed by atoms with E-state index in [1.165, 1.54) is 16.7 Å². The molecule has 0 saturated carbocycles. The fraction of sp³-hybridized carbons (Fsp3) is 0.533. The van der Waals surface area contributed by atoms with Crippen LogP contribution in [0, 0.1) is 19.8 Å². The third kappa shape index (κ3) is 2.91. The van der Waals surface area contributed by atoms with E-state index in [9.17, 15) is 4.79 Å². The molecule has 0 bridgehead atoms. The molecule has 1 aliphatic rings. The van der Waals surface area contributed by atoms with Gasteiger partial charge in [-0.3, -0.25) is 9.69 Å². The molecule has 1 atom stereocenters. The molecule has 18 heavy (non-hydrogen) atoms. The number of benzene rings is 1. The molecule has 0 spiro atoms. The van der Waals surface area contributed by atoms with Gasteiger partial charge in [-0.25, -0.2) is 0 Å². The van der Waals surface area contributed by atoms with Gasteiger partial charge in [0.1, 0.15) is 0 Å². The zero-order valence-electron chi connectivity index (χ0n) is 11.5. The largest absolute Gasteiger partial charge is 0.359 e. The van der Waals surface area contributed by atoms with Crippen molar-refractivity contribution in [2.45, 2.75) is 26.8 Å². The van der Waals surface area contributed by atoms with Crippen LogP contribution in [0.15, 0.2) is 18.2 Å². The Bertz CT molecular complexity index is 442. The SMILES string of the molecule is CNC(=O)C1CCN(Cc2cc(C)ccc2C)C1. The molecule has 1 unspecified atom stereocenters. The van der Waals surface area contributed by atoms with Gasteiger partial charge < -0.3 is 5.32 Å². The van der Waals surface area contributed by atoms with Crippen LogP contribution in [0.5, 0.6) is 0 Å². The summed E-state index contributed by atoms with van der Waals surface area (Å²) in [6.45, 7) is 7.14. The Hall–Kier alpha value is -1.35. The van der Waals surface area contributed by atoms with E-state index >= 15 is 0 Å². The smallest absolute Gasteiger partial charge is 0.224 e. The van der Waals surface area contributed by atoms with Crippen LogP contribution in [0.2, 0.25) is 0 Å². The van der Waals surface area contributed by atoms with Crippen molar-refractivity contribution in [1.82, 2.24) is 10.2 Å². The Kier molecular flexibility index (Phi) is 4.02. The Morgan fingerprint density at radius 2 is 2.22 bits per heavy atom. The lowest BCUT2D eigenvalue weighted by atomic mass is 10.1. The van der Waals surface area contributed by atoms with Crippen LogP contribution in [0.4, 0.5) is 0 Å². The summed E-state index contributed by atoms with van der Waals surface area (Å²) in [6.07, 6.45) is 0.977. The number of likely N-dealkylation sites (tertiary alicyclic amines) is 1. The maximum Gasteiger partial charge on any atom is 0.224 e. The third-order valence-electron chi connectivity index (χ3n) is 3.79. The number of nitrogens with zero attached hydrogens (tertiary/aromatic N) is 1. The van der Waals surface area contributed by atoms with Gasteiger partial charge >= 0.3 is 0 Å². The lowest BCUT2D eigenvalue weighted by Gasteiger charge is -2.17. The minimum atomic E-state index is 0.167. The van der Waals surface area contributed by atoms with Gasteiger partial charge in [-0.1, -0.05) is 23.8 Å². The van der Waals surface area contributed by atoms with E-state index in [0.717, 1.165) is 26.1 Å². The van der Waals surface area contributed by atoms with Crippen LogP contribution in [0.3, 0.4) is 0 Å². The van der Waals surface area contributed by atoms with Gasteiger partial charge in [0, 0.05) is 20.1 Å². The van der Waals surface area contributed by atoms with Crippen molar-refractivity contribution in [3.05, 3.63) is 34.9 Å². The first-order valence-electron chi connectivity index (χ1n) is 6.60. The molecule has 1 amide bonds. The maximum absolute atomic E-state index is 11.6. The first-order valence-corrected chi connectivity index (χ1v) is 6.60. The van der Waals surface area contributed by atoms with Crippen LogP contribution < -0.4 is 5.32 Å². The van der Waals surface area contributed by atoms with E-state index in [2.05, 4.69) is 42.3 Å². The van der Waals surface area contributed by atoms with E-state index in [1.807, 2.05) is 0 Å². The van der Waals surface area contributed by atoms with Crippen molar-refractivity contribution >= 4 is 5.91 Å². The molecule has 3 nitrogen and oxygen atoms in total. The maximum atomic E-state index is 11.6. The molecule has 3 heteroatoms. The minimum Gasteiger partial charge on any atom is -0.359 e. The summed E-state index contributed by atoms with van der Waals surface area (Å²) < 4.78 is 0. The Morgan fingerprint density at radius 3 is 2.94 bits per heavy atom. The normalized spacial score (nSPS) is 20.1.